The van der Waals surface area contributed by atoms with Gasteiger partial charge in [-0.2, -0.15) is 0 Å². The molecule has 0 aromatic heterocycles. The summed E-state index contributed by atoms with van der Waals surface area (Å²) in [5.41, 5.74) is 0. The lowest BCUT2D eigenvalue weighted by Crippen LogP contribution is -1.54. The summed E-state index contributed by atoms with van der Waals surface area (Å²) >= 11 is 0. The molecule has 5 heavy (non-hydrogen) atoms. The van der Waals surface area contributed by atoms with Gasteiger partial charge in [0.05, 0.1) is 0 Å². The summed E-state index contributed by atoms with van der Waals surface area (Å²) < 4.78 is 0. The van der Waals surface area contributed by atoms with Gasteiger partial charge in [-0.05, 0) is 18.9 Å². The molecule has 0 heteroatoms. The van der Waals surface area contributed by atoms with Crippen LogP contribution in [0.25, 0.3) is 0 Å². The van der Waals surface area contributed by atoms with Crippen LogP contribution in [0.15, 0.2) is 0 Å². The average molecular weight is 67.1 g/mol. The third kappa shape index (κ3) is 3.74. The number of unbranched alkanes of at least 4 members (excludes halogenated alkanes) is 1. The minimum atomic E-state index is 0.806. The fourth-order valence-electron chi connectivity index (χ4n) is 0.102. The van der Waals surface area contributed by atoms with Gasteiger partial charge >= 0.3 is 0 Å². The molecule has 0 aliphatic heterocycles. The maximum atomic E-state index is 4.85. The molecule has 0 nitrogen and oxygen atoms in total. The molecule has 0 heterocycles. The monoisotopic (exact) mass is 67.1 g/mol. The molecule has 0 spiro atoms. The standard InChI is InChI=1S/C5H7/c1-3-5-4-2/h1H,2,4-5H2. The Kier molecular flexibility index (Phi) is 3.55. The van der Waals surface area contributed by atoms with E-state index in [0.29, 0.717) is 0 Å². The van der Waals surface area contributed by atoms with Crippen molar-refractivity contribution in [2.45, 2.75) is 12.8 Å². The second-order valence-corrected chi connectivity index (χ2v) is 0.808. The van der Waals surface area contributed by atoms with Gasteiger partial charge in [0.1, 0.15) is 0 Å². The lowest BCUT2D eigenvalue weighted by atomic mass is 10.3. The highest BCUT2D eigenvalue weighted by Crippen LogP contribution is 1.79. The summed E-state index contributed by atoms with van der Waals surface area (Å²) in [7, 11) is 0. The van der Waals surface area contributed by atoms with Crippen LogP contribution in [0.2, 0.25) is 0 Å². The van der Waals surface area contributed by atoms with Crippen LogP contribution < -0.4 is 0 Å². The fraction of sp³-hybridized carbons (Fsp3) is 0.400. The molecule has 0 fully saturated rings. The van der Waals surface area contributed by atoms with Gasteiger partial charge in [0.25, 0.3) is 0 Å². The van der Waals surface area contributed by atoms with Crippen molar-refractivity contribution in [1.82, 2.24) is 0 Å². The first-order valence-electron chi connectivity index (χ1n) is 1.64. The van der Waals surface area contributed by atoms with Gasteiger partial charge < -0.3 is 0 Å². The van der Waals surface area contributed by atoms with E-state index in [-0.39, 0.29) is 0 Å². The molecule has 0 rings (SSSR count). The Bertz CT molecular complexity index is 21.2. The van der Waals surface area contributed by atoms with E-state index < -0.39 is 0 Å². The van der Waals surface area contributed by atoms with Gasteiger partial charge in [0.15, 0.2) is 0 Å². The predicted molar refractivity (Wildman–Crippen MR) is 22.1 cm³/mol. The van der Waals surface area contributed by atoms with Crippen LogP contribution in [0, 0.1) is 19.6 Å². The first-order valence-corrected chi connectivity index (χ1v) is 1.64. The van der Waals surface area contributed by atoms with Gasteiger partial charge in [0, 0.05) is 0 Å². The zero-order chi connectivity index (χ0) is 4.12. The quantitative estimate of drug-likeness (QED) is 0.458. The average Bonchev–Trinajstić information content (AvgIpc) is 1.41. The Hall–Kier alpha value is -0.260. The maximum absolute atomic E-state index is 4.85. The lowest BCUT2D eigenvalue weighted by molar-refractivity contribution is 1.03. The van der Waals surface area contributed by atoms with Crippen molar-refractivity contribution < 1.29 is 0 Å². The molecule has 0 aromatic carbocycles. The Morgan fingerprint density at radius 1 is 1.80 bits per heavy atom. The summed E-state index contributed by atoms with van der Waals surface area (Å²) in [5, 5.41) is 0. The smallest absolute Gasteiger partial charge is 0.0276 e. The third-order valence-electron chi connectivity index (χ3n) is 0.321. The molecule has 0 unspecified atom stereocenters. The molecular formula is C5H7. The van der Waals surface area contributed by atoms with Crippen LogP contribution in [-0.2, 0) is 0 Å². The second-order valence-electron chi connectivity index (χ2n) is 0.808. The van der Waals surface area contributed by atoms with Crippen LogP contribution in [0.4, 0.5) is 0 Å². The van der Waals surface area contributed by atoms with Crippen molar-refractivity contribution in [1.29, 1.82) is 0 Å². The first kappa shape index (κ1) is 4.74. The second kappa shape index (κ2) is 3.74. The fourth-order valence-corrected chi connectivity index (χ4v) is 0.102. The van der Waals surface area contributed by atoms with Crippen LogP contribution in [-0.4, -0.2) is 0 Å². The zero-order valence-electron chi connectivity index (χ0n) is 3.20. The third-order valence-corrected chi connectivity index (χ3v) is 0.321. The molecule has 0 amide bonds. The molecular weight excluding hydrogens is 60.1 g/mol. The van der Waals surface area contributed by atoms with Crippen LogP contribution >= 0.6 is 0 Å². The number of rotatable bonds is 2. The van der Waals surface area contributed by atoms with E-state index in [4.69, 9.17) is 6.58 Å². The van der Waals surface area contributed by atoms with Crippen molar-refractivity contribution >= 4 is 0 Å². The zero-order valence-corrected chi connectivity index (χ0v) is 3.20. The van der Waals surface area contributed by atoms with E-state index in [1.165, 1.54) is 0 Å². The number of hydrogen-bond acceptors (Lipinski definition) is 0. The number of allylic oxidation sites excluding steroid dienone is 1. The van der Waals surface area contributed by atoms with Gasteiger partial charge in [-0.15, -0.1) is 0 Å². The van der Waals surface area contributed by atoms with Crippen molar-refractivity contribution in [3.63, 3.8) is 0 Å². The Morgan fingerprint density at radius 3 is 2.40 bits per heavy atom. The molecule has 0 saturated heterocycles. The highest BCUT2D eigenvalue weighted by atomic mass is 13.7. The van der Waals surface area contributed by atoms with E-state index in [0.717, 1.165) is 12.8 Å². The summed E-state index contributed by atoms with van der Waals surface area (Å²) in [6.07, 6.45) is 4.12. The maximum Gasteiger partial charge on any atom is -0.0276 e. The van der Waals surface area contributed by atoms with Crippen molar-refractivity contribution in [3.8, 4) is 0 Å². The van der Waals surface area contributed by atoms with Crippen molar-refractivity contribution in [2.24, 2.45) is 0 Å². The lowest BCUT2D eigenvalue weighted by Gasteiger charge is -1.71. The molecule has 0 N–H and O–H groups in total. The van der Waals surface area contributed by atoms with E-state index in [9.17, 15) is 0 Å². The van der Waals surface area contributed by atoms with E-state index in [1.54, 1.807) is 0 Å². The van der Waals surface area contributed by atoms with E-state index in [1.807, 2.05) is 0 Å². The van der Waals surface area contributed by atoms with E-state index >= 15 is 0 Å². The molecule has 0 aliphatic rings. The van der Waals surface area contributed by atoms with Gasteiger partial charge in [0.2, 0.25) is 0 Å². The molecule has 0 saturated carbocycles. The Morgan fingerprint density at radius 2 is 2.40 bits per heavy atom. The van der Waals surface area contributed by atoms with Crippen molar-refractivity contribution in [3.05, 3.63) is 19.6 Å². The van der Waals surface area contributed by atoms with E-state index in [2.05, 4.69) is 13.0 Å². The van der Waals surface area contributed by atoms with Crippen LogP contribution in [0.5, 0.6) is 0 Å². The molecule has 27 valence electrons. The van der Waals surface area contributed by atoms with Gasteiger partial charge in [-0.1, -0.05) is 13.5 Å². The molecule has 0 aliphatic carbocycles. The highest BCUT2D eigenvalue weighted by molar-refractivity contribution is 4.50. The molecule has 0 atom stereocenters. The summed E-state index contributed by atoms with van der Waals surface area (Å²) in [6.45, 7) is 8.38. The number of hydrogen-bond donors (Lipinski definition) is 0. The van der Waals surface area contributed by atoms with Crippen molar-refractivity contribution in [2.75, 3.05) is 0 Å². The van der Waals surface area contributed by atoms with Gasteiger partial charge in [-0.25, -0.2) is 0 Å². The normalized spacial score (nSPS) is 7.40. The summed E-state index contributed by atoms with van der Waals surface area (Å²) in [6, 6.07) is 0. The largest absolute Gasteiger partial charge is 0.0585 e. The summed E-state index contributed by atoms with van der Waals surface area (Å²) in [4.78, 5) is 0. The van der Waals surface area contributed by atoms with Crippen LogP contribution in [0.1, 0.15) is 12.8 Å². The predicted octanol–water partition coefficient (Wildman–Crippen LogP) is 1.39. The Balaban J connectivity index is 2.40. The molecule has 0 aromatic rings. The van der Waals surface area contributed by atoms with Gasteiger partial charge in [-0.3, -0.25) is 0 Å². The molecule has 3 radical (unpaired) electrons. The Labute approximate surface area is 33.5 Å². The first-order chi connectivity index (χ1) is 2.41. The topological polar surface area (TPSA) is 0 Å². The SMILES string of the molecule is [CH]=[C]CC[CH2]. The minimum absolute atomic E-state index is 0.806. The minimum Gasteiger partial charge on any atom is -0.0585 e. The summed E-state index contributed by atoms with van der Waals surface area (Å²) in [5.74, 6) is 0. The highest BCUT2D eigenvalue weighted by Gasteiger charge is 1.63. The van der Waals surface area contributed by atoms with Crippen LogP contribution in [0.3, 0.4) is 0 Å². The molecule has 0 bridgehead atoms.